The van der Waals surface area contributed by atoms with Gasteiger partial charge >= 0.3 is 0 Å². The monoisotopic (exact) mass is 373 g/mol. The van der Waals surface area contributed by atoms with Crippen molar-refractivity contribution in [2.75, 3.05) is 13.2 Å². The van der Waals surface area contributed by atoms with E-state index in [0.717, 1.165) is 38.0 Å². The molecule has 4 unspecified atom stereocenters. The number of para-hydroxylation sites is 1. The average molecular weight is 374 g/mol. The molecule has 0 aromatic heterocycles. The highest BCUT2D eigenvalue weighted by Gasteiger charge is 2.47. The van der Waals surface area contributed by atoms with Crippen LogP contribution in [-0.4, -0.2) is 24.8 Å². The van der Waals surface area contributed by atoms with E-state index in [1.165, 1.54) is 18.4 Å². The Labute approximate surface area is 164 Å². The number of carbonyl (C=O) groups is 1. The number of hydrogen-bond donors (Lipinski definition) is 1. The number of nitrogens with one attached hydrogen (secondary N) is 1. The molecule has 2 aliphatic rings. The number of ether oxygens (including phenoxy) is 2. The second-order valence-electron chi connectivity index (χ2n) is 8.29. The van der Waals surface area contributed by atoms with E-state index in [2.05, 4.69) is 44.3 Å². The number of benzene rings is 1. The fourth-order valence-corrected chi connectivity index (χ4v) is 4.54. The second-order valence-corrected chi connectivity index (χ2v) is 8.29. The second kappa shape index (κ2) is 9.09. The van der Waals surface area contributed by atoms with Gasteiger partial charge in [0.1, 0.15) is 12.4 Å². The maximum atomic E-state index is 12.1. The Hall–Kier alpha value is -1.55. The van der Waals surface area contributed by atoms with Crippen LogP contribution in [0, 0.1) is 11.8 Å². The molecular formula is C23H35NO3. The summed E-state index contributed by atoms with van der Waals surface area (Å²) in [5.74, 6) is 2.03. The van der Waals surface area contributed by atoms with Crippen LogP contribution in [0.2, 0.25) is 0 Å². The number of unbranched alkanes of at least 4 members (excludes halogenated alkanes) is 2. The zero-order chi connectivity index (χ0) is 19.3. The predicted molar refractivity (Wildman–Crippen MR) is 108 cm³/mol. The predicted octanol–water partition coefficient (Wildman–Crippen LogP) is 5.03. The summed E-state index contributed by atoms with van der Waals surface area (Å²) in [7, 11) is 0. The van der Waals surface area contributed by atoms with Crippen LogP contribution in [0.25, 0.3) is 0 Å². The van der Waals surface area contributed by atoms with E-state index in [9.17, 15) is 4.79 Å². The third kappa shape index (κ3) is 5.04. The lowest BCUT2D eigenvalue weighted by Gasteiger charge is -2.35. The summed E-state index contributed by atoms with van der Waals surface area (Å²) in [6.45, 7) is 8.18. The molecule has 2 aliphatic heterocycles. The van der Waals surface area contributed by atoms with E-state index in [0.29, 0.717) is 30.8 Å². The number of hydrogen-bond acceptors (Lipinski definition) is 3. The Bertz CT molecular complexity index is 626. The molecule has 0 bridgehead atoms. The highest BCUT2D eigenvalue weighted by Crippen LogP contribution is 2.44. The van der Waals surface area contributed by atoms with Crippen molar-refractivity contribution in [2.24, 2.45) is 11.8 Å². The summed E-state index contributed by atoms with van der Waals surface area (Å²) in [5.41, 5.74) is 1.25. The topological polar surface area (TPSA) is 50.9 Å². The van der Waals surface area contributed by atoms with Crippen molar-refractivity contribution in [1.29, 1.82) is 0 Å². The van der Waals surface area contributed by atoms with Crippen LogP contribution in [0.1, 0.15) is 77.2 Å². The van der Waals surface area contributed by atoms with Crippen LogP contribution in [0.15, 0.2) is 24.3 Å². The Balaban J connectivity index is 1.81. The fraction of sp³-hybridized carbons (Fsp3) is 0.696. The minimum atomic E-state index is -0.419. The van der Waals surface area contributed by atoms with Gasteiger partial charge < -0.3 is 14.8 Å². The van der Waals surface area contributed by atoms with E-state index < -0.39 is 5.79 Å². The quantitative estimate of drug-likeness (QED) is 0.514. The van der Waals surface area contributed by atoms with E-state index >= 15 is 0 Å². The molecule has 0 radical (unpaired) electrons. The lowest BCUT2D eigenvalue weighted by Crippen LogP contribution is -2.36. The molecule has 1 N–H and O–H groups in total. The molecule has 2 fully saturated rings. The SMILES string of the molecule is CCCCCC1(Oc2ccccc2C2CCC(=O)NCC(C)C2CC)CO1. The number of rotatable bonds is 8. The lowest BCUT2D eigenvalue weighted by atomic mass is 9.73. The van der Waals surface area contributed by atoms with Gasteiger partial charge in [0.05, 0.1) is 0 Å². The smallest absolute Gasteiger partial charge is 0.234 e. The number of carbonyl (C=O) groups excluding carboxylic acids is 1. The first-order valence-electron chi connectivity index (χ1n) is 10.8. The standard InChI is InChI=1S/C23H35NO3/c1-4-6-9-14-23(16-26-23)27-21-11-8-7-10-20(21)19-12-13-22(25)24-15-17(3)18(19)5-2/h7-8,10-11,17-19H,4-6,9,12-16H2,1-3H3,(H,24,25). The zero-order valence-corrected chi connectivity index (χ0v) is 17.1. The molecule has 3 rings (SSSR count). The van der Waals surface area contributed by atoms with Gasteiger partial charge in [0.2, 0.25) is 11.7 Å². The van der Waals surface area contributed by atoms with Crippen LogP contribution >= 0.6 is 0 Å². The Morgan fingerprint density at radius 1 is 1.26 bits per heavy atom. The largest absolute Gasteiger partial charge is 0.460 e. The first-order valence-corrected chi connectivity index (χ1v) is 10.8. The molecule has 4 atom stereocenters. The van der Waals surface area contributed by atoms with Crippen LogP contribution in [0.4, 0.5) is 0 Å². The summed E-state index contributed by atoms with van der Waals surface area (Å²) in [6, 6.07) is 8.41. The molecule has 4 heteroatoms. The molecule has 150 valence electrons. The molecule has 0 aliphatic carbocycles. The van der Waals surface area contributed by atoms with Gasteiger partial charge in [-0.1, -0.05) is 58.2 Å². The van der Waals surface area contributed by atoms with Crippen LogP contribution in [0.5, 0.6) is 5.75 Å². The van der Waals surface area contributed by atoms with Gasteiger partial charge in [-0.15, -0.1) is 0 Å². The first kappa shape index (κ1) is 20.2. The molecule has 1 amide bonds. The van der Waals surface area contributed by atoms with Crippen molar-refractivity contribution in [3.8, 4) is 5.75 Å². The minimum Gasteiger partial charge on any atom is -0.460 e. The van der Waals surface area contributed by atoms with Gasteiger partial charge in [0.25, 0.3) is 0 Å². The van der Waals surface area contributed by atoms with Gasteiger partial charge in [0, 0.05) is 19.4 Å². The van der Waals surface area contributed by atoms with Crippen molar-refractivity contribution in [3.63, 3.8) is 0 Å². The van der Waals surface area contributed by atoms with Gasteiger partial charge in [-0.2, -0.15) is 0 Å². The third-order valence-corrected chi connectivity index (χ3v) is 6.26. The maximum absolute atomic E-state index is 12.1. The van der Waals surface area contributed by atoms with E-state index in [1.54, 1.807) is 0 Å². The van der Waals surface area contributed by atoms with E-state index in [-0.39, 0.29) is 5.91 Å². The third-order valence-electron chi connectivity index (χ3n) is 6.26. The number of epoxide rings is 1. The Morgan fingerprint density at radius 3 is 2.74 bits per heavy atom. The zero-order valence-electron chi connectivity index (χ0n) is 17.1. The minimum absolute atomic E-state index is 0.168. The fourth-order valence-electron chi connectivity index (χ4n) is 4.54. The van der Waals surface area contributed by atoms with Crippen molar-refractivity contribution >= 4 is 5.91 Å². The molecule has 27 heavy (non-hydrogen) atoms. The Kier molecular flexibility index (Phi) is 6.80. The van der Waals surface area contributed by atoms with Crippen molar-refractivity contribution in [2.45, 2.75) is 77.4 Å². The molecule has 2 heterocycles. The average Bonchev–Trinajstić information content (AvgIpc) is 3.42. The highest BCUT2D eigenvalue weighted by atomic mass is 16.8. The molecule has 0 saturated carbocycles. The lowest BCUT2D eigenvalue weighted by molar-refractivity contribution is -0.122. The molecule has 0 spiro atoms. The van der Waals surface area contributed by atoms with Gasteiger partial charge in [-0.3, -0.25) is 4.79 Å². The summed E-state index contributed by atoms with van der Waals surface area (Å²) >= 11 is 0. The summed E-state index contributed by atoms with van der Waals surface area (Å²) in [6.07, 6.45) is 7.07. The van der Waals surface area contributed by atoms with E-state index in [4.69, 9.17) is 9.47 Å². The summed E-state index contributed by atoms with van der Waals surface area (Å²) in [5, 5.41) is 3.07. The maximum Gasteiger partial charge on any atom is 0.234 e. The normalized spacial score (nSPS) is 30.9. The van der Waals surface area contributed by atoms with Gasteiger partial charge in [0.15, 0.2) is 0 Å². The molecule has 1 aromatic rings. The molecule has 4 nitrogen and oxygen atoms in total. The summed E-state index contributed by atoms with van der Waals surface area (Å²) in [4.78, 5) is 12.1. The first-order chi connectivity index (χ1) is 13.1. The van der Waals surface area contributed by atoms with E-state index in [1.807, 2.05) is 6.07 Å². The molecular weight excluding hydrogens is 338 g/mol. The van der Waals surface area contributed by atoms with Crippen molar-refractivity contribution < 1.29 is 14.3 Å². The number of amides is 1. The van der Waals surface area contributed by atoms with Crippen LogP contribution in [0.3, 0.4) is 0 Å². The highest BCUT2D eigenvalue weighted by molar-refractivity contribution is 5.76. The van der Waals surface area contributed by atoms with Crippen molar-refractivity contribution in [3.05, 3.63) is 29.8 Å². The van der Waals surface area contributed by atoms with Crippen molar-refractivity contribution in [1.82, 2.24) is 5.32 Å². The Morgan fingerprint density at radius 2 is 2.04 bits per heavy atom. The van der Waals surface area contributed by atoms with Crippen LogP contribution < -0.4 is 10.1 Å². The summed E-state index contributed by atoms with van der Waals surface area (Å²) < 4.78 is 12.2. The molecule has 1 aromatic carbocycles. The van der Waals surface area contributed by atoms with Crippen LogP contribution in [-0.2, 0) is 9.53 Å². The van der Waals surface area contributed by atoms with Gasteiger partial charge in [-0.05, 0) is 42.2 Å². The molecule has 2 saturated heterocycles. The van der Waals surface area contributed by atoms with Gasteiger partial charge in [-0.25, -0.2) is 0 Å².